The van der Waals surface area contributed by atoms with Crippen molar-refractivity contribution in [3.63, 3.8) is 0 Å². The summed E-state index contributed by atoms with van der Waals surface area (Å²) in [4.78, 5) is 23.6. The Bertz CT molecular complexity index is 549. The molecule has 0 rings (SSSR count). The first-order chi connectivity index (χ1) is 17.1. The monoisotopic (exact) mass is 518 g/mol. The van der Waals surface area contributed by atoms with E-state index in [-0.39, 0.29) is 25.0 Å². The molecule has 0 aliphatic heterocycles. The van der Waals surface area contributed by atoms with Crippen molar-refractivity contribution >= 4 is 11.8 Å². The third kappa shape index (κ3) is 22.9. The van der Waals surface area contributed by atoms with E-state index in [1.807, 2.05) is 13.8 Å². The van der Waals surface area contributed by atoms with E-state index in [2.05, 4.69) is 51.0 Å². The number of amides is 2. The SMILES string of the molecule is CCOCCOCC(=O)NCCC[N+](C)(C)C/C=C/C[N+](C)(C)CCCNC(=O)COCCOCC. The summed E-state index contributed by atoms with van der Waals surface area (Å²) in [5, 5.41) is 5.82. The average Bonchev–Trinajstić information content (AvgIpc) is 2.82. The minimum absolute atomic E-state index is 0.0812. The fourth-order valence-electron chi connectivity index (χ4n) is 3.33. The second kappa shape index (κ2) is 21.5. The number of nitrogens with one attached hydrogen (secondary N) is 2. The smallest absolute Gasteiger partial charge is 0.246 e. The first-order valence-electron chi connectivity index (χ1n) is 13.2. The maximum absolute atomic E-state index is 11.8. The van der Waals surface area contributed by atoms with Crippen LogP contribution in [0.1, 0.15) is 26.7 Å². The summed E-state index contributed by atoms with van der Waals surface area (Å²) in [6, 6.07) is 0. The molecule has 2 N–H and O–H groups in total. The summed E-state index contributed by atoms with van der Waals surface area (Å²) in [5.74, 6) is -0.163. The van der Waals surface area contributed by atoms with Gasteiger partial charge in [0.1, 0.15) is 13.2 Å². The summed E-state index contributed by atoms with van der Waals surface area (Å²) in [6.07, 6.45) is 6.31. The van der Waals surface area contributed by atoms with Gasteiger partial charge in [-0.05, 0) is 26.0 Å². The minimum Gasteiger partial charge on any atom is -0.379 e. The Morgan fingerprint density at radius 3 is 1.36 bits per heavy atom. The van der Waals surface area contributed by atoms with E-state index in [1.165, 1.54) is 0 Å². The molecule has 10 heteroatoms. The summed E-state index contributed by atoms with van der Waals surface area (Å²) < 4.78 is 22.6. The highest BCUT2D eigenvalue weighted by atomic mass is 16.5. The number of carbonyl (C=O) groups excluding carboxylic acids is 2. The van der Waals surface area contributed by atoms with Crippen molar-refractivity contribution in [2.75, 3.05) is 120 Å². The fraction of sp³-hybridized carbons (Fsp3) is 0.846. The van der Waals surface area contributed by atoms with Crippen LogP contribution in [0.15, 0.2) is 12.2 Å². The summed E-state index contributed by atoms with van der Waals surface area (Å²) in [6.45, 7) is 12.4. The maximum atomic E-state index is 11.8. The first-order valence-corrected chi connectivity index (χ1v) is 13.2. The van der Waals surface area contributed by atoms with Gasteiger partial charge < -0.3 is 38.5 Å². The van der Waals surface area contributed by atoms with Gasteiger partial charge in [0.2, 0.25) is 11.8 Å². The van der Waals surface area contributed by atoms with Crippen LogP contribution in [-0.4, -0.2) is 141 Å². The van der Waals surface area contributed by atoms with Crippen LogP contribution in [0.2, 0.25) is 0 Å². The van der Waals surface area contributed by atoms with Crippen LogP contribution in [0, 0.1) is 0 Å². The van der Waals surface area contributed by atoms with Gasteiger partial charge in [-0.15, -0.1) is 0 Å². The van der Waals surface area contributed by atoms with Crippen LogP contribution in [-0.2, 0) is 28.5 Å². The highest BCUT2D eigenvalue weighted by molar-refractivity contribution is 5.77. The zero-order valence-corrected chi connectivity index (χ0v) is 23.8. The maximum Gasteiger partial charge on any atom is 0.246 e. The molecule has 0 saturated carbocycles. The van der Waals surface area contributed by atoms with E-state index < -0.39 is 0 Å². The summed E-state index contributed by atoms with van der Waals surface area (Å²) in [7, 11) is 8.80. The van der Waals surface area contributed by atoms with Crippen LogP contribution >= 0.6 is 0 Å². The van der Waals surface area contributed by atoms with Crippen LogP contribution in [0.4, 0.5) is 0 Å². The quantitative estimate of drug-likeness (QED) is 0.112. The average molecular weight is 519 g/mol. The Labute approximate surface area is 219 Å². The number of quaternary nitrogens is 2. The van der Waals surface area contributed by atoms with E-state index in [0.29, 0.717) is 52.7 Å². The highest BCUT2D eigenvalue weighted by Gasteiger charge is 2.15. The number of carbonyl (C=O) groups is 2. The largest absolute Gasteiger partial charge is 0.379 e. The fourth-order valence-corrected chi connectivity index (χ4v) is 3.33. The topological polar surface area (TPSA) is 95.1 Å². The lowest BCUT2D eigenvalue weighted by Gasteiger charge is -2.30. The molecule has 0 heterocycles. The molecule has 0 aliphatic carbocycles. The molecule has 0 aromatic heterocycles. The molecule has 0 saturated heterocycles. The van der Waals surface area contributed by atoms with Crippen molar-refractivity contribution in [3.8, 4) is 0 Å². The number of hydrogen-bond acceptors (Lipinski definition) is 6. The molecular formula is C26H54N4O6+2. The molecule has 0 atom stereocenters. The summed E-state index contributed by atoms with van der Waals surface area (Å²) in [5.41, 5.74) is 0. The summed E-state index contributed by atoms with van der Waals surface area (Å²) >= 11 is 0. The van der Waals surface area contributed by atoms with Gasteiger partial charge in [0.15, 0.2) is 0 Å². The molecule has 0 radical (unpaired) electrons. The molecule has 0 bridgehead atoms. The molecule has 0 unspecified atom stereocenters. The first kappa shape index (κ1) is 34.4. The standard InChI is InChI=1S/C26H52N4O6/c1-7-33-19-21-35-23-25(31)27-13-11-17-29(3,4)15-9-10-16-30(5,6)18-12-14-28-26(32)24-36-22-20-34-8-2/h9-10H,7-8,11-24H2,1-6H3/p+2/b10-9+. The zero-order chi connectivity index (χ0) is 27.1. The zero-order valence-electron chi connectivity index (χ0n) is 23.8. The molecule has 0 fully saturated rings. The predicted octanol–water partition coefficient (Wildman–Crippen LogP) is 0.814. The lowest BCUT2D eigenvalue weighted by Crippen LogP contribution is -2.43. The van der Waals surface area contributed by atoms with Crippen molar-refractivity contribution in [1.82, 2.24) is 10.6 Å². The minimum atomic E-state index is -0.0814. The third-order valence-corrected chi connectivity index (χ3v) is 5.51. The van der Waals surface area contributed by atoms with Crippen molar-refractivity contribution in [1.29, 1.82) is 0 Å². The van der Waals surface area contributed by atoms with Crippen LogP contribution in [0.5, 0.6) is 0 Å². The molecule has 2 amide bonds. The molecule has 0 aromatic carbocycles. The molecule has 212 valence electrons. The van der Waals surface area contributed by atoms with E-state index >= 15 is 0 Å². The molecule has 36 heavy (non-hydrogen) atoms. The lowest BCUT2D eigenvalue weighted by atomic mass is 10.3. The van der Waals surface area contributed by atoms with Crippen molar-refractivity contribution in [2.24, 2.45) is 0 Å². The van der Waals surface area contributed by atoms with Crippen molar-refractivity contribution in [2.45, 2.75) is 26.7 Å². The van der Waals surface area contributed by atoms with Crippen LogP contribution in [0.25, 0.3) is 0 Å². The molecular weight excluding hydrogens is 464 g/mol. The van der Waals surface area contributed by atoms with Gasteiger partial charge in [0, 0.05) is 39.1 Å². The normalized spacial score (nSPS) is 12.3. The number of hydrogen-bond donors (Lipinski definition) is 2. The Hall–Kier alpha value is -1.56. The third-order valence-electron chi connectivity index (χ3n) is 5.51. The van der Waals surface area contributed by atoms with Gasteiger partial charge in [0.25, 0.3) is 0 Å². The van der Waals surface area contributed by atoms with Crippen LogP contribution < -0.4 is 10.6 Å². The Morgan fingerprint density at radius 1 is 0.639 bits per heavy atom. The number of nitrogens with zero attached hydrogens (tertiary/aromatic N) is 2. The molecule has 0 aromatic rings. The second-order valence-corrected chi connectivity index (χ2v) is 10.1. The van der Waals surface area contributed by atoms with Crippen molar-refractivity contribution in [3.05, 3.63) is 12.2 Å². The molecule has 10 nitrogen and oxygen atoms in total. The molecule has 0 spiro atoms. The Balaban J connectivity index is 3.89. The van der Waals surface area contributed by atoms with Gasteiger partial charge in [0.05, 0.1) is 80.8 Å². The predicted molar refractivity (Wildman–Crippen MR) is 143 cm³/mol. The number of likely N-dealkylation sites (N-methyl/N-ethyl adjacent to an activating group) is 2. The van der Waals surface area contributed by atoms with Gasteiger partial charge in [-0.25, -0.2) is 0 Å². The van der Waals surface area contributed by atoms with E-state index in [9.17, 15) is 9.59 Å². The second-order valence-electron chi connectivity index (χ2n) is 10.1. The molecule has 0 aliphatic rings. The van der Waals surface area contributed by atoms with Gasteiger partial charge in [-0.3, -0.25) is 9.59 Å². The van der Waals surface area contributed by atoms with Gasteiger partial charge in [-0.1, -0.05) is 0 Å². The van der Waals surface area contributed by atoms with Crippen molar-refractivity contribution < 1.29 is 37.5 Å². The van der Waals surface area contributed by atoms with E-state index in [1.54, 1.807) is 0 Å². The number of rotatable bonds is 24. The number of ether oxygens (including phenoxy) is 4. The Morgan fingerprint density at radius 2 is 1.00 bits per heavy atom. The van der Waals surface area contributed by atoms with Gasteiger partial charge >= 0.3 is 0 Å². The highest BCUT2D eigenvalue weighted by Crippen LogP contribution is 2.02. The van der Waals surface area contributed by atoms with E-state index in [4.69, 9.17) is 18.9 Å². The van der Waals surface area contributed by atoms with E-state index in [0.717, 1.165) is 48.0 Å². The Kier molecular flexibility index (Phi) is 20.6. The lowest BCUT2D eigenvalue weighted by molar-refractivity contribution is -0.887. The van der Waals surface area contributed by atoms with Crippen LogP contribution in [0.3, 0.4) is 0 Å². The van der Waals surface area contributed by atoms with Gasteiger partial charge in [-0.2, -0.15) is 0 Å².